The van der Waals surface area contributed by atoms with Gasteiger partial charge in [-0.3, -0.25) is 0 Å². The summed E-state index contributed by atoms with van der Waals surface area (Å²) in [5.74, 6) is 0. The fourth-order valence-corrected chi connectivity index (χ4v) is 1.24. The standard InChI is InChI=1S/C11H25NO3/c1-5-10(2)12(3)8-11(13)9-15-7-6-14-4/h10-11,13H,5-9H2,1-4H3. The summed E-state index contributed by atoms with van der Waals surface area (Å²) in [7, 11) is 3.66. The molecule has 0 fully saturated rings. The minimum Gasteiger partial charge on any atom is -0.389 e. The Morgan fingerprint density at radius 2 is 2.00 bits per heavy atom. The van der Waals surface area contributed by atoms with Crippen LogP contribution in [0.3, 0.4) is 0 Å². The first-order valence-corrected chi connectivity index (χ1v) is 5.56. The Hall–Kier alpha value is -0.160. The zero-order valence-electron chi connectivity index (χ0n) is 10.4. The van der Waals surface area contributed by atoms with Crippen LogP contribution in [0.25, 0.3) is 0 Å². The number of ether oxygens (including phenoxy) is 2. The van der Waals surface area contributed by atoms with Crippen molar-refractivity contribution in [2.75, 3.05) is 40.5 Å². The van der Waals surface area contributed by atoms with Crippen molar-refractivity contribution in [1.82, 2.24) is 4.90 Å². The molecule has 0 saturated carbocycles. The quantitative estimate of drug-likeness (QED) is 0.581. The van der Waals surface area contributed by atoms with Crippen molar-refractivity contribution in [3.8, 4) is 0 Å². The fourth-order valence-electron chi connectivity index (χ4n) is 1.24. The van der Waals surface area contributed by atoms with E-state index in [1.807, 2.05) is 7.05 Å². The fraction of sp³-hybridized carbons (Fsp3) is 1.00. The summed E-state index contributed by atoms with van der Waals surface area (Å²) < 4.78 is 10.1. The van der Waals surface area contributed by atoms with Gasteiger partial charge in [0, 0.05) is 19.7 Å². The molecule has 0 saturated heterocycles. The topological polar surface area (TPSA) is 41.9 Å². The summed E-state index contributed by atoms with van der Waals surface area (Å²) >= 11 is 0. The van der Waals surface area contributed by atoms with Crippen LogP contribution in [-0.2, 0) is 9.47 Å². The maximum atomic E-state index is 9.66. The molecular weight excluding hydrogens is 194 g/mol. The van der Waals surface area contributed by atoms with Gasteiger partial charge >= 0.3 is 0 Å². The molecule has 4 nitrogen and oxygen atoms in total. The number of likely N-dealkylation sites (N-methyl/N-ethyl adjacent to an activating group) is 1. The average Bonchev–Trinajstić information content (AvgIpc) is 2.23. The van der Waals surface area contributed by atoms with E-state index >= 15 is 0 Å². The normalized spacial score (nSPS) is 15.6. The molecule has 2 unspecified atom stereocenters. The molecule has 0 aromatic rings. The highest BCUT2D eigenvalue weighted by Crippen LogP contribution is 2.01. The van der Waals surface area contributed by atoms with Gasteiger partial charge in [-0.2, -0.15) is 0 Å². The zero-order valence-corrected chi connectivity index (χ0v) is 10.4. The molecule has 0 aliphatic rings. The van der Waals surface area contributed by atoms with E-state index in [2.05, 4.69) is 18.7 Å². The third kappa shape index (κ3) is 7.73. The number of aliphatic hydroxyl groups is 1. The lowest BCUT2D eigenvalue weighted by Crippen LogP contribution is -2.37. The summed E-state index contributed by atoms with van der Waals surface area (Å²) in [4.78, 5) is 2.14. The van der Waals surface area contributed by atoms with Crippen molar-refractivity contribution in [1.29, 1.82) is 0 Å². The van der Waals surface area contributed by atoms with Gasteiger partial charge in [0.25, 0.3) is 0 Å². The minimum absolute atomic E-state index is 0.379. The van der Waals surface area contributed by atoms with Crippen LogP contribution in [-0.4, -0.2) is 62.7 Å². The second kappa shape index (κ2) is 9.09. The molecule has 0 aliphatic carbocycles. The maximum absolute atomic E-state index is 9.66. The number of hydrogen-bond donors (Lipinski definition) is 1. The average molecular weight is 219 g/mol. The van der Waals surface area contributed by atoms with Crippen molar-refractivity contribution in [3.63, 3.8) is 0 Å². The summed E-state index contributed by atoms with van der Waals surface area (Å²) in [5, 5.41) is 9.66. The Morgan fingerprint density at radius 1 is 1.33 bits per heavy atom. The molecule has 0 aromatic heterocycles. The van der Waals surface area contributed by atoms with Crippen molar-refractivity contribution in [3.05, 3.63) is 0 Å². The van der Waals surface area contributed by atoms with E-state index in [-0.39, 0.29) is 0 Å². The largest absolute Gasteiger partial charge is 0.389 e. The van der Waals surface area contributed by atoms with Gasteiger partial charge in [-0.1, -0.05) is 6.92 Å². The number of hydrogen-bond acceptors (Lipinski definition) is 4. The molecule has 0 heterocycles. The lowest BCUT2D eigenvalue weighted by molar-refractivity contribution is -0.00159. The van der Waals surface area contributed by atoms with Crippen molar-refractivity contribution in [2.45, 2.75) is 32.4 Å². The van der Waals surface area contributed by atoms with Crippen LogP contribution in [0.15, 0.2) is 0 Å². The molecule has 1 N–H and O–H groups in total. The van der Waals surface area contributed by atoms with Gasteiger partial charge in [0.2, 0.25) is 0 Å². The highest BCUT2D eigenvalue weighted by molar-refractivity contribution is 4.66. The van der Waals surface area contributed by atoms with E-state index < -0.39 is 6.10 Å². The third-order valence-electron chi connectivity index (χ3n) is 2.58. The van der Waals surface area contributed by atoms with Crippen LogP contribution in [0.1, 0.15) is 20.3 Å². The van der Waals surface area contributed by atoms with E-state index in [1.54, 1.807) is 7.11 Å². The number of aliphatic hydroxyl groups excluding tert-OH is 1. The maximum Gasteiger partial charge on any atom is 0.0900 e. The third-order valence-corrected chi connectivity index (χ3v) is 2.58. The van der Waals surface area contributed by atoms with E-state index in [1.165, 1.54) is 0 Å². The Morgan fingerprint density at radius 3 is 2.53 bits per heavy atom. The second-order valence-corrected chi connectivity index (χ2v) is 3.92. The lowest BCUT2D eigenvalue weighted by Gasteiger charge is -2.25. The summed E-state index contributed by atoms with van der Waals surface area (Å²) in [6.45, 7) is 6.45. The van der Waals surface area contributed by atoms with Gasteiger partial charge in [0.05, 0.1) is 25.9 Å². The summed E-state index contributed by atoms with van der Waals surface area (Å²) in [6, 6.07) is 0.499. The molecule has 0 radical (unpaired) electrons. The smallest absolute Gasteiger partial charge is 0.0900 e. The molecule has 0 aromatic carbocycles. The van der Waals surface area contributed by atoms with Gasteiger partial charge < -0.3 is 19.5 Å². The first-order valence-electron chi connectivity index (χ1n) is 5.56. The number of nitrogens with zero attached hydrogens (tertiary/aromatic N) is 1. The molecular formula is C11H25NO3. The highest BCUT2D eigenvalue weighted by atomic mass is 16.5. The van der Waals surface area contributed by atoms with Crippen LogP contribution in [0, 0.1) is 0 Å². The Bertz CT molecular complexity index is 144. The van der Waals surface area contributed by atoms with Crippen LogP contribution >= 0.6 is 0 Å². The Kier molecular flexibility index (Phi) is 9.00. The van der Waals surface area contributed by atoms with E-state index in [0.717, 1.165) is 6.42 Å². The first-order chi connectivity index (χ1) is 7.11. The second-order valence-electron chi connectivity index (χ2n) is 3.92. The van der Waals surface area contributed by atoms with Gasteiger partial charge in [0.15, 0.2) is 0 Å². The van der Waals surface area contributed by atoms with Crippen LogP contribution in [0.4, 0.5) is 0 Å². The summed E-state index contributed by atoms with van der Waals surface area (Å²) in [6.07, 6.45) is 0.675. The van der Waals surface area contributed by atoms with Crippen LogP contribution in [0.2, 0.25) is 0 Å². The Labute approximate surface area is 93.2 Å². The van der Waals surface area contributed by atoms with Gasteiger partial charge in [0.1, 0.15) is 0 Å². The van der Waals surface area contributed by atoms with Gasteiger partial charge in [-0.15, -0.1) is 0 Å². The van der Waals surface area contributed by atoms with Gasteiger partial charge in [-0.05, 0) is 20.4 Å². The molecule has 92 valence electrons. The zero-order chi connectivity index (χ0) is 11.7. The predicted molar refractivity (Wildman–Crippen MR) is 61.1 cm³/mol. The molecule has 0 aliphatic heterocycles. The number of rotatable bonds is 9. The van der Waals surface area contributed by atoms with E-state index in [4.69, 9.17) is 9.47 Å². The molecule has 15 heavy (non-hydrogen) atoms. The van der Waals surface area contributed by atoms with Crippen molar-refractivity contribution >= 4 is 0 Å². The minimum atomic E-state index is -0.416. The molecule has 0 amide bonds. The van der Waals surface area contributed by atoms with Crippen LogP contribution in [0.5, 0.6) is 0 Å². The highest BCUT2D eigenvalue weighted by Gasteiger charge is 2.12. The SMILES string of the molecule is CCC(C)N(C)CC(O)COCCOC. The molecule has 2 atom stereocenters. The van der Waals surface area contributed by atoms with E-state index in [0.29, 0.717) is 32.4 Å². The number of methoxy groups -OCH3 is 1. The summed E-state index contributed by atoms with van der Waals surface area (Å²) in [5.41, 5.74) is 0. The van der Waals surface area contributed by atoms with Crippen LogP contribution < -0.4 is 0 Å². The van der Waals surface area contributed by atoms with Crippen molar-refractivity contribution in [2.24, 2.45) is 0 Å². The van der Waals surface area contributed by atoms with E-state index in [9.17, 15) is 5.11 Å². The molecule has 0 rings (SSSR count). The molecule has 0 bridgehead atoms. The van der Waals surface area contributed by atoms with Gasteiger partial charge in [-0.25, -0.2) is 0 Å². The molecule has 0 spiro atoms. The Balaban J connectivity index is 3.50. The van der Waals surface area contributed by atoms with Crippen molar-refractivity contribution < 1.29 is 14.6 Å². The molecule has 4 heteroatoms. The predicted octanol–water partition coefficient (Wildman–Crippen LogP) is 0.741. The lowest BCUT2D eigenvalue weighted by atomic mass is 10.2. The monoisotopic (exact) mass is 219 g/mol. The first kappa shape index (κ1) is 14.8.